The molecular formula is C24H27N3O3. The van der Waals surface area contributed by atoms with Gasteiger partial charge >= 0.3 is 0 Å². The number of rotatable bonds is 6. The lowest BCUT2D eigenvalue weighted by molar-refractivity contribution is 0.102. The predicted molar refractivity (Wildman–Crippen MR) is 117 cm³/mol. The predicted octanol–water partition coefficient (Wildman–Crippen LogP) is 5.11. The van der Waals surface area contributed by atoms with Gasteiger partial charge < -0.3 is 19.5 Å². The van der Waals surface area contributed by atoms with Gasteiger partial charge in [0.15, 0.2) is 0 Å². The summed E-state index contributed by atoms with van der Waals surface area (Å²) in [6.45, 7) is 6.36. The van der Waals surface area contributed by atoms with Crippen molar-refractivity contribution < 1.29 is 14.1 Å². The summed E-state index contributed by atoms with van der Waals surface area (Å²) >= 11 is 0. The zero-order chi connectivity index (χ0) is 20.9. The molecule has 1 N–H and O–H groups in total. The molecule has 0 spiro atoms. The number of nitrogens with one attached hydrogen (secondary N) is 1. The number of amides is 1. The summed E-state index contributed by atoms with van der Waals surface area (Å²) in [5.74, 6) is 1.31. The molecule has 0 atom stereocenters. The van der Waals surface area contributed by atoms with Gasteiger partial charge in [0.1, 0.15) is 18.1 Å². The number of carbonyl (C=O) groups excluding carboxylic acids is 1. The van der Waals surface area contributed by atoms with Gasteiger partial charge in [-0.25, -0.2) is 0 Å². The lowest BCUT2D eigenvalue weighted by atomic mass is 10.1. The van der Waals surface area contributed by atoms with Crippen LogP contribution in [-0.2, 0) is 6.61 Å². The Bertz CT molecular complexity index is 968. The van der Waals surface area contributed by atoms with Crippen molar-refractivity contribution in [2.75, 3.05) is 23.3 Å². The third kappa shape index (κ3) is 4.64. The summed E-state index contributed by atoms with van der Waals surface area (Å²) in [7, 11) is 0. The highest BCUT2D eigenvalue weighted by molar-refractivity contribution is 6.04. The highest BCUT2D eigenvalue weighted by atomic mass is 16.5. The molecule has 0 aliphatic carbocycles. The summed E-state index contributed by atoms with van der Waals surface area (Å²) < 4.78 is 10.9. The largest absolute Gasteiger partial charge is 0.489 e. The molecule has 1 saturated heterocycles. The number of anilines is 2. The van der Waals surface area contributed by atoms with Crippen LogP contribution in [0.25, 0.3) is 0 Å². The van der Waals surface area contributed by atoms with E-state index >= 15 is 0 Å². The van der Waals surface area contributed by atoms with Crippen molar-refractivity contribution in [2.24, 2.45) is 0 Å². The number of ether oxygens (including phenoxy) is 1. The highest BCUT2D eigenvalue weighted by Gasteiger charge is 2.12. The maximum absolute atomic E-state index is 12.6. The molecule has 6 heteroatoms. The van der Waals surface area contributed by atoms with E-state index in [0.29, 0.717) is 17.9 Å². The Balaban J connectivity index is 1.33. The van der Waals surface area contributed by atoms with Crippen LogP contribution >= 0.6 is 0 Å². The first-order valence-corrected chi connectivity index (χ1v) is 10.4. The Kier molecular flexibility index (Phi) is 6.02. The molecule has 1 aromatic heterocycles. The van der Waals surface area contributed by atoms with Crippen LogP contribution in [0.1, 0.15) is 46.6 Å². The Morgan fingerprint density at radius 3 is 2.37 bits per heavy atom. The van der Waals surface area contributed by atoms with Crippen molar-refractivity contribution in [2.45, 2.75) is 39.7 Å². The third-order valence-electron chi connectivity index (χ3n) is 5.53. The van der Waals surface area contributed by atoms with Gasteiger partial charge in [-0.3, -0.25) is 4.79 Å². The Labute approximate surface area is 176 Å². The van der Waals surface area contributed by atoms with Crippen LogP contribution in [0.3, 0.4) is 0 Å². The number of aryl methyl sites for hydroxylation is 2. The smallest absolute Gasteiger partial charge is 0.255 e. The van der Waals surface area contributed by atoms with Crippen LogP contribution in [-0.4, -0.2) is 24.2 Å². The topological polar surface area (TPSA) is 67.6 Å². The number of carbonyl (C=O) groups is 1. The summed E-state index contributed by atoms with van der Waals surface area (Å²) in [6.07, 6.45) is 3.81. The molecule has 0 radical (unpaired) electrons. The first kappa shape index (κ1) is 20.0. The molecule has 1 aliphatic rings. The van der Waals surface area contributed by atoms with E-state index in [1.165, 1.54) is 24.9 Å². The van der Waals surface area contributed by atoms with Gasteiger partial charge in [-0.05, 0) is 81.6 Å². The molecule has 4 rings (SSSR count). The lowest BCUT2D eigenvalue weighted by Crippen LogP contribution is -2.29. The molecule has 2 heterocycles. The fraction of sp³-hybridized carbons (Fsp3) is 0.333. The van der Waals surface area contributed by atoms with Crippen molar-refractivity contribution in [3.05, 3.63) is 71.1 Å². The van der Waals surface area contributed by atoms with Crippen molar-refractivity contribution in [1.82, 2.24) is 5.16 Å². The molecular weight excluding hydrogens is 378 g/mol. The zero-order valence-corrected chi connectivity index (χ0v) is 17.5. The van der Waals surface area contributed by atoms with Crippen LogP contribution in [0.4, 0.5) is 11.4 Å². The molecule has 1 aliphatic heterocycles. The third-order valence-corrected chi connectivity index (χ3v) is 5.53. The molecule has 0 saturated carbocycles. The monoisotopic (exact) mass is 405 g/mol. The van der Waals surface area contributed by atoms with E-state index in [2.05, 4.69) is 27.5 Å². The number of benzene rings is 2. The van der Waals surface area contributed by atoms with Gasteiger partial charge in [0, 0.05) is 30.0 Å². The minimum atomic E-state index is -0.141. The van der Waals surface area contributed by atoms with Crippen LogP contribution < -0.4 is 15.0 Å². The standard InChI is InChI=1S/C24H27N3O3/c1-17-23(18(2)30-26-17)16-29-22-12-6-19(7-13-22)24(28)25-20-8-10-21(11-9-20)27-14-4-3-5-15-27/h6-13H,3-5,14-16H2,1-2H3,(H,25,28). The number of nitrogens with zero attached hydrogens (tertiary/aromatic N) is 2. The van der Waals surface area contributed by atoms with E-state index in [-0.39, 0.29) is 5.91 Å². The number of hydrogen-bond acceptors (Lipinski definition) is 5. The van der Waals surface area contributed by atoms with Crippen LogP contribution in [0.2, 0.25) is 0 Å². The molecule has 0 unspecified atom stereocenters. The summed E-state index contributed by atoms with van der Waals surface area (Å²) in [5.41, 5.74) is 4.37. The van der Waals surface area contributed by atoms with Gasteiger partial charge in [0.25, 0.3) is 5.91 Å². The van der Waals surface area contributed by atoms with Crippen LogP contribution in [0.5, 0.6) is 5.75 Å². The van der Waals surface area contributed by atoms with Gasteiger partial charge in [0.05, 0.1) is 11.3 Å². The molecule has 1 fully saturated rings. The van der Waals surface area contributed by atoms with Gasteiger partial charge in [0.2, 0.25) is 0 Å². The Morgan fingerprint density at radius 2 is 1.73 bits per heavy atom. The van der Waals surface area contributed by atoms with Crippen molar-refractivity contribution in [1.29, 1.82) is 0 Å². The summed E-state index contributed by atoms with van der Waals surface area (Å²) in [5, 5.41) is 6.89. The second kappa shape index (κ2) is 9.03. The summed E-state index contributed by atoms with van der Waals surface area (Å²) in [6, 6.07) is 15.2. The quantitative estimate of drug-likeness (QED) is 0.617. The van der Waals surface area contributed by atoms with Crippen molar-refractivity contribution in [3.8, 4) is 5.75 Å². The van der Waals surface area contributed by atoms with E-state index in [1.54, 1.807) is 24.3 Å². The van der Waals surface area contributed by atoms with Gasteiger partial charge in [-0.15, -0.1) is 0 Å². The average molecular weight is 405 g/mol. The SMILES string of the molecule is Cc1noc(C)c1COc1ccc(C(=O)Nc2ccc(N3CCCCC3)cc2)cc1. The molecule has 3 aromatic rings. The molecule has 6 nitrogen and oxygen atoms in total. The van der Waals surface area contributed by atoms with Crippen molar-refractivity contribution >= 4 is 17.3 Å². The Hall–Kier alpha value is -3.28. The fourth-order valence-electron chi connectivity index (χ4n) is 3.68. The van der Waals surface area contributed by atoms with Gasteiger partial charge in [-0.2, -0.15) is 0 Å². The average Bonchev–Trinajstić information content (AvgIpc) is 3.11. The fourth-order valence-corrected chi connectivity index (χ4v) is 3.68. The second-order valence-electron chi connectivity index (χ2n) is 7.66. The minimum absolute atomic E-state index is 0.141. The number of hydrogen-bond donors (Lipinski definition) is 1. The first-order chi connectivity index (χ1) is 14.6. The highest BCUT2D eigenvalue weighted by Crippen LogP contribution is 2.23. The minimum Gasteiger partial charge on any atom is -0.489 e. The normalized spacial score (nSPS) is 13.9. The zero-order valence-electron chi connectivity index (χ0n) is 17.5. The second-order valence-corrected chi connectivity index (χ2v) is 7.66. The molecule has 30 heavy (non-hydrogen) atoms. The van der Waals surface area contributed by atoms with Gasteiger partial charge in [-0.1, -0.05) is 5.16 Å². The van der Waals surface area contributed by atoms with Crippen LogP contribution in [0, 0.1) is 13.8 Å². The maximum Gasteiger partial charge on any atom is 0.255 e. The molecule has 1 amide bonds. The van der Waals surface area contributed by atoms with E-state index < -0.39 is 0 Å². The Morgan fingerprint density at radius 1 is 1.03 bits per heavy atom. The lowest BCUT2D eigenvalue weighted by Gasteiger charge is -2.28. The van der Waals surface area contributed by atoms with E-state index in [1.807, 2.05) is 26.0 Å². The summed E-state index contributed by atoms with van der Waals surface area (Å²) in [4.78, 5) is 15.0. The van der Waals surface area contributed by atoms with Crippen LogP contribution in [0.15, 0.2) is 53.1 Å². The van der Waals surface area contributed by atoms with E-state index in [9.17, 15) is 4.79 Å². The maximum atomic E-state index is 12.6. The molecule has 156 valence electrons. The van der Waals surface area contributed by atoms with E-state index in [0.717, 1.165) is 35.8 Å². The molecule has 0 bridgehead atoms. The number of piperidine rings is 1. The molecule has 2 aromatic carbocycles. The number of aromatic nitrogens is 1. The first-order valence-electron chi connectivity index (χ1n) is 10.4. The van der Waals surface area contributed by atoms with Crippen molar-refractivity contribution in [3.63, 3.8) is 0 Å². The van der Waals surface area contributed by atoms with E-state index in [4.69, 9.17) is 9.26 Å².